The van der Waals surface area contributed by atoms with Gasteiger partial charge in [-0.15, -0.1) is 0 Å². The van der Waals surface area contributed by atoms with Gasteiger partial charge in [-0.3, -0.25) is 0 Å². The second-order valence-electron chi connectivity index (χ2n) is 3.27. The van der Waals surface area contributed by atoms with Crippen LogP contribution in [0.15, 0.2) is 24.3 Å². The van der Waals surface area contributed by atoms with Crippen molar-refractivity contribution >= 4 is 5.82 Å². The molecule has 3 heteroatoms. The minimum absolute atomic E-state index is 0.567. The van der Waals surface area contributed by atoms with Crippen molar-refractivity contribution in [2.45, 2.75) is 13.8 Å². The molecule has 1 N–H and O–H groups in total. The van der Waals surface area contributed by atoms with Crippen LogP contribution in [0.4, 0.5) is 5.82 Å². The molecule has 1 aromatic heterocycles. The van der Waals surface area contributed by atoms with E-state index in [9.17, 15) is 0 Å². The molecule has 0 saturated carbocycles. The van der Waals surface area contributed by atoms with E-state index < -0.39 is 0 Å². The van der Waals surface area contributed by atoms with Crippen molar-refractivity contribution in [3.63, 3.8) is 0 Å². The van der Waals surface area contributed by atoms with Crippen molar-refractivity contribution in [3.8, 4) is 6.07 Å². The summed E-state index contributed by atoms with van der Waals surface area (Å²) < 4.78 is 0. The molecule has 0 unspecified atom stereocenters. The summed E-state index contributed by atoms with van der Waals surface area (Å²) in [5, 5.41) is 11.9. The van der Waals surface area contributed by atoms with Crippen molar-refractivity contribution in [2.24, 2.45) is 0 Å². The highest BCUT2D eigenvalue weighted by Crippen LogP contribution is 2.12. The number of aryl methyl sites for hydroxylation is 1. The molecule has 72 valence electrons. The van der Waals surface area contributed by atoms with Crippen LogP contribution in [-0.2, 0) is 0 Å². The van der Waals surface area contributed by atoms with Crippen LogP contribution >= 0.6 is 0 Å². The van der Waals surface area contributed by atoms with Crippen molar-refractivity contribution in [3.05, 3.63) is 35.5 Å². The van der Waals surface area contributed by atoms with E-state index >= 15 is 0 Å². The molecular weight excluding hydrogens is 174 g/mol. The predicted molar refractivity (Wildman–Crippen MR) is 57.0 cm³/mol. The monoisotopic (exact) mass is 187 g/mol. The van der Waals surface area contributed by atoms with Crippen LogP contribution in [0.25, 0.3) is 0 Å². The Morgan fingerprint density at radius 3 is 2.93 bits per heavy atom. The third kappa shape index (κ3) is 2.60. The van der Waals surface area contributed by atoms with Gasteiger partial charge in [0.2, 0.25) is 0 Å². The number of nitrogens with one attached hydrogen (secondary N) is 1. The summed E-state index contributed by atoms with van der Waals surface area (Å²) in [6.45, 7) is 8.24. The number of hydrogen-bond donors (Lipinski definition) is 1. The number of aromatic nitrogens is 1. The minimum atomic E-state index is 0.567. The number of nitriles is 1. The molecule has 1 rings (SSSR count). The van der Waals surface area contributed by atoms with E-state index in [0.29, 0.717) is 17.9 Å². The third-order valence-corrected chi connectivity index (χ3v) is 1.71. The minimum Gasteiger partial charge on any atom is -0.365 e. The Balaban J connectivity index is 2.89. The smallest absolute Gasteiger partial charge is 0.144 e. The van der Waals surface area contributed by atoms with Gasteiger partial charge >= 0.3 is 0 Å². The first-order valence-electron chi connectivity index (χ1n) is 4.39. The summed E-state index contributed by atoms with van der Waals surface area (Å²) in [5.41, 5.74) is 2.47. The fourth-order valence-electron chi connectivity index (χ4n) is 1.02. The summed E-state index contributed by atoms with van der Waals surface area (Å²) >= 11 is 0. The Morgan fingerprint density at radius 1 is 1.64 bits per heavy atom. The van der Waals surface area contributed by atoms with Crippen LogP contribution in [-0.4, -0.2) is 11.5 Å². The average molecular weight is 187 g/mol. The molecule has 1 heterocycles. The highest BCUT2D eigenvalue weighted by molar-refractivity contribution is 5.52. The normalized spacial score (nSPS) is 9.21. The van der Waals surface area contributed by atoms with Gasteiger partial charge in [-0.25, -0.2) is 4.98 Å². The molecule has 0 spiro atoms. The molecule has 0 bridgehead atoms. The van der Waals surface area contributed by atoms with Gasteiger partial charge in [0.25, 0.3) is 0 Å². The van der Waals surface area contributed by atoms with Crippen molar-refractivity contribution in [1.82, 2.24) is 4.98 Å². The van der Waals surface area contributed by atoms with Crippen molar-refractivity contribution in [2.75, 3.05) is 11.9 Å². The van der Waals surface area contributed by atoms with Crippen LogP contribution < -0.4 is 5.32 Å². The number of rotatable bonds is 3. The first kappa shape index (κ1) is 10.3. The van der Waals surface area contributed by atoms with Gasteiger partial charge in [-0.05, 0) is 26.0 Å². The topological polar surface area (TPSA) is 48.7 Å². The largest absolute Gasteiger partial charge is 0.365 e. The molecule has 0 aromatic carbocycles. The fourth-order valence-corrected chi connectivity index (χ4v) is 1.02. The third-order valence-electron chi connectivity index (χ3n) is 1.71. The van der Waals surface area contributed by atoms with Crippen LogP contribution in [0.2, 0.25) is 0 Å². The average Bonchev–Trinajstić information content (AvgIpc) is 2.15. The van der Waals surface area contributed by atoms with Gasteiger partial charge in [-0.2, -0.15) is 5.26 Å². The van der Waals surface area contributed by atoms with Crippen molar-refractivity contribution < 1.29 is 0 Å². The van der Waals surface area contributed by atoms with E-state index in [2.05, 4.69) is 22.9 Å². The first-order chi connectivity index (χ1) is 6.63. The van der Waals surface area contributed by atoms with E-state index in [0.717, 1.165) is 11.3 Å². The maximum Gasteiger partial charge on any atom is 0.144 e. The Morgan fingerprint density at radius 2 is 2.36 bits per heavy atom. The van der Waals surface area contributed by atoms with Crippen LogP contribution in [0, 0.1) is 18.3 Å². The van der Waals surface area contributed by atoms with E-state index in [1.165, 1.54) is 0 Å². The van der Waals surface area contributed by atoms with Crippen LogP contribution in [0.3, 0.4) is 0 Å². The van der Waals surface area contributed by atoms with E-state index in [-0.39, 0.29) is 0 Å². The Labute approximate surface area is 84.1 Å². The second-order valence-corrected chi connectivity index (χ2v) is 3.27. The quantitative estimate of drug-likeness (QED) is 0.738. The van der Waals surface area contributed by atoms with Gasteiger partial charge in [0, 0.05) is 12.2 Å². The molecule has 0 fully saturated rings. The molecule has 14 heavy (non-hydrogen) atoms. The van der Waals surface area contributed by atoms with Gasteiger partial charge in [0.1, 0.15) is 11.9 Å². The lowest BCUT2D eigenvalue weighted by molar-refractivity contribution is 1.12. The first-order valence-corrected chi connectivity index (χ1v) is 4.39. The predicted octanol–water partition coefficient (Wildman–Crippen LogP) is 2.25. The van der Waals surface area contributed by atoms with Crippen molar-refractivity contribution in [1.29, 1.82) is 5.26 Å². The van der Waals surface area contributed by atoms with Crippen LogP contribution in [0.5, 0.6) is 0 Å². The second kappa shape index (κ2) is 4.43. The highest BCUT2D eigenvalue weighted by atomic mass is 15.0. The highest BCUT2D eigenvalue weighted by Gasteiger charge is 2.02. The molecule has 0 saturated heterocycles. The van der Waals surface area contributed by atoms with E-state index in [4.69, 9.17) is 5.26 Å². The molecular formula is C11H13N3. The zero-order valence-corrected chi connectivity index (χ0v) is 8.46. The fraction of sp³-hybridized carbons (Fsp3) is 0.273. The van der Waals surface area contributed by atoms with Gasteiger partial charge in [-0.1, -0.05) is 12.2 Å². The molecule has 0 aliphatic carbocycles. The number of hydrogen-bond acceptors (Lipinski definition) is 3. The molecule has 0 atom stereocenters. The SMILES string of the molecule is C=C(C)CNc1nc(C)ccc1C#N. The number of pyridine rings is 1. The maximum absolute atomic E-state index is 8.82. The maximum atomic E-state index is 8.82. The number of anilines is 1. The summed E-state index contributed by atoms with van der Waals surface area (Å²) in [5.74, 6) is 0.635. The Kier molecular flexibility index (Phi) is 3.24. The van der Waals surface area contributed by atoms with Gasteiger partial charge < -0.3 is 5.32 Å². The van der Waals surface area contributed by atoms with E-state index in [1.807, 2.05) is 19.9 Å². The molecule has 1 aromatic rings. The molecule has 0 amide bonds. The number of nitrogens with zero attached hydrogens (tertiary/aromatic N) is 2. The summed E-state index contributed by atoms with van der Waals surface area (Å²) in [6.07, 6.45) is 0. The standard InChI is InChI=1S/C11H13N3/c1-8(2)7-13-11-10(6-12)5-4-9(3)14-11/h4-5H,1,7H2,2-3H3,(H,13,14). The lowest BCUT2D eigenvalue weighted by atomic mass is 10.2. The summed E-state index contributed by atoms with van der Waals surface area (Å²) in [4.78, 5) is 4.24. The molecule has 0 aliphatic rings. The van der Waals surface area contributed by atoms with E-state index in [1.54, 1.807) is 6.07 Å². The Bertz CT molecular complexity index is 388. The molecule has 0 radical (unpaired) electrons. The van der Waals surface area contributed by atoms with Gasteiger partial charge in [0.15, 0.2) is 0 Å². The molecule has 3 nitrogen and oxygen atoms in total. The summed E-state index contributed by atoms with van der Waals surface area (Å²) in [6, 6.07) is 5.68. The zero-order chi connectivity index (χ0) is 10.6. The van der Waals surface area contributed by atoms with Gasteiger partial charge in [0.05, 0.1) is 5.56 Å². The Hall–Kier alpha value is -1.82. The summed E-state index contributed by atoms with van der Waals surface area (Å²) in [7, 11) is 0. The van der Waals surface area contributed by atoms with Crippen LogP contribution in [0.1, 0.15) is 18.2 Å². The zero-order valence-electron chi connectivity index (χ0n) is 8.46. The lowest BCUT2D eigenvalue weighted by Crippen LogP contribution is -2.06. The molecule has 0 aliphatic heterocycles. The lowest BCUT2D eigenvalue weighted by Gasteiger charge is -2.07.